The normalized spacial score (nSPS) is 19.1. The summed E-state index contributed by atoms with van der Waals surface area (Å²) in [5.41, 5.74) is 0.688. The molecule has 0 bridgehead atoms. The van der Waals surface area contributed by atoms with Crippen LogP contribution in [0.4, 0.5) is 0 Å². The smallest absolute Gasteiger partial charge is 0.293 e. The third-order valence-electron chi connectivity index (χ3n) is 3.18. The maximum atomic E-state index is 12.4. The highest BCUT2D eigenvalue weighted by Gasteiger charge is 2.35. The molecule has 0 saturated carbocycles. The molecule has 2 aromatic rings. The van der Waals surface area contributed by atoms with Crippen molar-refractivity contribution in [3.8, 4) is 0 Å². The Bertz CT molecular complexity index is 604. The molecule has 1 atom stereocenters. The van der Waals surface area contributed by atoms with E-state index in [1.807, 2.05) is 0 Å². The minimum Gasteiger partial charge on any atom is -0.351 e. The summed E-state index contributed by atoms with van der Waals surface area (Å²) in [4.78, 5) is 18.3. The molecule has 1 aliphatic heterocycles. The number of hydrogen-bond donors (Lipinski definition) is 0. The summed E-state index contributed by atoms with van der Waals surface area (Å²) >= 11 is 0. The Kier molecular flexibility index (Phi) is 2.81. The molecule has 0 N–H and O–H groups in total. The van der Waals surface area contributed by atoms with E-state index in [0.29, 0.717) is 24.0 Å². The van der Waals surface area contributed by atoms with Gasteiger partial charge in [-0.1, -0.05) is 10.3 Å². The molecular weight excluding hydrogens is 248 g/mol. The van der Waals surface area contributed by atoms with Crippen molar-refractivity contribution in [3.05, 3.63) is 29.2 Å². The number of likely N-dealkylation sites (tertiary alicyclic amines) is 1. The SMILES string of the molecule is Cc1cc(C(=O)N2CCCC2c2nc(C)no2)on1. The monoisotopic (exact) mass is 262 g/mol. The summed E-state index contributed by atoms with van der Waals surface area (Å²) in [7, 11) is 0. The largest absolute Gasteiger partial charge is 0.351 e. The average Bonchev–Trinajstić information content (AvgIpc) is 3.07. The van der Waals surface area contributed by atoms with E-state index in [0.717, 1.165) is 12.8 Å². The van der Waals surface area contributed by atoms with Crippen molar-refractivity contribution in [2.24, 2.45) is 0 Å². The molecule has 1 amide bonds. The number of aromatic nitrogens is 3. The van der Waals surface area contributed by atoms with Gasteiger partial charge in [0.25, 0.3) is 5.91 Å². The fourth-order valence-corrected chi connectivity index (χ4v) is 2.32. The first-order valence-electron chi connectivity index (χ1n) is 6.19. The Labute approximate surface area is 109 Å². The quantitative estimate of drug-likeness (QED) is 0.818. The van der Waals surface area contributed by atoms with Crippen LogP contribution in [0.2, 0.25) is 0 Å². The maximum Gasteiger partial charge on any atom is 0.293 e. The van der Waals surface area contributed by atoms with Gasteiger partial charge in [0, 0.05) is 12.6 Å². The van der Waals surface area contributed by atoms with Crippen LogP contribution in [-0.2, 0) is 0 Å². The number of rotatable bonds is 2. The second-order valence-corrected chi connectivity index (χ2v) is 4.67. The van der Waals surface area contributed by atoms with Gasteiger partial charge in [-0.15, -0.1) is 0 Å². The predicted molar refractivity (Wildman–Crippen MR) is 63.3 cm³/mol. The summed E-state index contributed by atoms with van der Waals surface area (Å²) in [6, 6.07) is 1.47. The van der Waals surface area contributed by atoms with Gasteiger partial charge in [-0.3, -0.25) is 4.79 Å². The van der Waals surface area contributed by atoms with Crippen molar-refractivity contribution in [1.29, 1.82) is 0 Å². The van der Waals surface area contributed by atoms with Gasteiger partial charge in [-0.25, -0.2) is 0 Å². The predicted octanol–water partition coefficient (Wildman–Crippen LogP) is 1.65. The van der Waals surface area contributed by atoms with E-state index < -0.39 is 0 Å². The third kappa shape index (κ3) is 2.11. The lowest BCUT2D eigenvalue weighted by Gasteiger charge is -2.20. The number of hydrogen-bond acceptors (Lipinski definition) is 6. The molecule has 3 heterocycles. The lowest BCUT2D eigenvalue weighted by Crippen LogP contribution is -2.30. The summed E-state index contributed by atoms with van der Waals surface area (Å²) in [5, 5.41) is 7.51. The minimum atomic E-state index is -0.182. The van der Waals surface area contributed by atoms with Crippen LogP contribution in [0.1, 0.15) is 46.8 Å². The molecule has 7 heteroatoms. The molecule has 0 aromatic carbocycles. The highest BCUT2D eigenvalue weighted by atomic mass is 16.5. The van der Waals surface area contributed by atoms with Crippen LogP contribution in [0.25, 0.3) is 0 Å². The molecule has 100 valence electrons. The Morgan fingerprint density at radius 1 is 1.37 bits per heavy atom. The van der Waals surface area contributed by atoms with Gasteiger partial charge in [0.05, 0.1) is 5.69 Å². The van der Waals surface area contributed by atoms with Crippen LogP contribution in [0.5, 0.6) is 0 Å². The van der Waals surface area contributed by atoms with E-state index in [9.17, 15) is 4.79 Å². The molecule has 19 heavy (non-hydrogen) atoms. The zero-order valence-electron chi connectivity index (χ0n) is 10.8. The van der Waals surface area contributed by atoms with Gasteiger partial charge < -0.3 is 13.9 Å². The van der Waals surface area contributed by atoms with Crippen molar-refractivity contribution < 1.29 is 13.8 Å². The van der Waals surface area contributed by atoms with E-state index in [2.05, 4.69) is 15.3 Å². The van der Waals surface area contributed by atoms with Gasteiger partial charge in [0.15, 0.2) is 5.82 Å². The maximum absolute atomic E-state index is 12.4. The number of nitrogens with zero attached hydrogens (tertiary/aromatic N) is 4. The zero-order valence-corrected chi connectivity index (χ0v) is 10.8. The van der Waals surface area contributed by atoms with E-state index in [1.54, 1.807) is 24.8 Å². The van der Waals surface area contributed by atoms with Crippen LogP contribution in [0.15, 0.2) is 15.1 Å². The van der Waals surface area contributed by atoms with Crippen molar-refractivity contribution >= 4 is 5.91 Å². The van der Waals surface area contributed by atoms with Crippen LogP contribution in [0, 0.1) is 13.8 Å². The van der Waals surface area contributed by atoms with Gasteiger partial charge in [-0.05, 0) is 26.7 Å². The topological polar surface area (TPSA) is 85.3 Å². The summed E-state index contributed by atoms with van der Waals surface area (Å²) < 4.78 is 10.2. The summed E-state index contributed by atoms with van der Waals surface area (Å²) in [5.74, 6) is 1.13. The molecule has 1 fully saturated rings. The van der Waals surface area contributed by atoms with Crippen molar-refractivity contribution in [1.82, 2.24) is 20.2 Å². The number of carbonyl (C=O) groups excluding carboxylic acids is 1. The molecule has 3 rings (SSSR count). The summed E-state index contributed by atoms with van der Waals surface area (Å²) in [6.07, 6.45) is 1.73. The molecule has 2 aromatic heterocycles. The highest BCUT2D eigenvalue weighted by Crippen LogP contribution is 2.32. The third-order valence-corrected chi connectivity index (χ3v) is 3.18. The van der Waals surface area contributed by atoms with E-state index in [1.165, 1.54) is 0 Å². The molecule has 0 spiro atoms. The minimum absolute atomic E-state index is 0.167. The Morgan fingerprint density at radius 3 is 2.84 bits per heavy atom. The number of amides is 1. The van der Waals surface area contributed by atoms with Gasteiger partial charge in [0.2, 0.25) is 11.7 Å². The molecule has 1 aliphatic rings. The van der Waals surface area contributed by atoms with Crippen molar-refractivity contribution in [2.75, 3.05) is 6.54 Å². The van der Waals surface area contributed by atoms with E-state index in [4.69, 9.17) is 9.05 Å². The Morgan fingerprint density at radius 2 is 2.21 bits per heavy atom. The molecule has 7 nitrogen and oxygen atoms in total. The highest BCUT2D eigenvalue weighted by molar-refractivity contribution is 5.91. The Hall–Kier alpha value is -2.18. The fraction of sp³-hybridized carbons (Fsp3) is 0.500. The van der Waals surface area contributed by atoms with Crippen molar-refractivity contribution in [3.63, 3.8) is 0 Å². The van der Waals surface area contributed by atoms with Crippen molar-refractivity contribution in [2.45, 2.75) is 32.7 Å². The van der Waals surface area contributed by atoms with Gasteiger partial charge in [-0.2, -0.15) is 4.98 Å². The lowest BCUT2D eigenvalue weighted by molar-refractivity contribution is 0.0668. The Balaban J connectivity index is 1.85. The first kappa shape index (κ1) is 11.9. The molecule has 0 aliphatic carbocycles. The van der Waals surface area contributed by atoms with E-state index >= 15 is 0 Å². The second-order valence-electron chi connectivity index (χ2n) is 4.67. The van der Waals surface area contributed by atoms with Crippen LogP contribution in [0.3, 0.4) is 0 Å². The molecule has 0 radical (unpaired) electrons. The zero-order chi connectivity index (χ0) is 13.4. The molecule has 1 saturated heterocycles. The standard InChI is InChI=1S/C12H14N4O3/c1-7-6-10(18-14-7)12(17)16-5-3-4-9(16)11-13-8(2)15-19-11/h6,9H,3-5H2,1-2H3. The lowest BCUT2D eigenvalue weighted by atomic mass is 10.2. The van der Waals surface area contributed by atoms with Crippen LogP contribution >= 0.6 is 0 Å². The van der Waals surface area contributed by atoms with Gasteiger partial charge in [0.1, 0.15) is 6.04 Å². The fourth-order valence-electron chi connectivity index (χ4n) is 2.32. The molecular formula is C12H14N4O3. The van der Waals surface area contributed by atoms with E-state index in [-0.39, 0.29) is 17.7 Å². The number of aryl methyl sites for hydroxylation is 2. The first-order valence-corrected chi connectivity index (χ1v) is 6.19. The first-order chi connectivity index (χ1) is 9.15. The van der Waals surface area contributed by atoms with Crippen LogP contribution < -0.4 is 0 Å². The van der Waals surface area contributed by atoms with Gasteiger partial charge >= 0.3 is 0 Å². The summed E-state index contributed by atoms with van der Waals surface area (Å²) in [6.45, 7) is 4.20. The average molecular weight is 262 g/mol. The molecule has 1 unspecified atom stereocenters. The van der Waals surface area contributed by atoms with Crippen LogP contribution in [-0.4, -0.2) is 32.6 Å². The number of carbonyl (C=O) groups is 1. The second kappa shape index (κ2) is 4.49.